The van der Waals surface area contributed by atoms with Crippen molar-refractivity contribution in [1.29, 1.82) is 0 Å². The maximum absolute atomic E-state index is 13.0. The molecule has 1 N–H and O–H groups in total. The molecule has 1 amide bonds. The number of amides is 1. The van der Waals surface area contributed by atoms with Crippen LogP contribution in [0.15, 0.2) is 18.3 Å². The number of piperidine rings is 1. The average molecular weight is 289 g/mol. The van der Waals surface area contributed by atoms with E-state index in [1.54, 1.807) is 0 Å². The fourth-order valence-electron chi connectivity index (χ4n) is 3.26. The second kappa shape index (κ2) is 6.22. The summed E-state index contributed by atoms with van der Waals surface area (Å²) in [6, 6.07) is 4.81. The van der Waals surface area contributed by atoms with Crippen molar-refractivity contribution in [3.05, 3.63) is 24.0 Å². The Bertz CT molecular complexity index is 484. The maximum atomic E-state index is 13.0. The molecular weight excluding hydrogens is 262 g/mol. The summed E-state index contributed by atoms with van der Waals surface area (Å²) in [7, 11) is 0. The zero-order chi connectivity index (χ0) is 14.8. The fraction of sp³-hybridized carbons (Fsp3) is 0.706. The maximum Gasteiger partial charge on any atom is 0.270 e. The van der Waals surface area contributed by atoms with Crippen LogP contribution in [-0.2, 0) is 0 Å². The topological polar surface area (TPSA) is 37.3 Å². The molecule has 0 radical (unpaired) electrons. The van der Waals surface area contributed by atoms with Crippen molar-refractivity contribution in [2.75, 3.05) is 19.6 Å². The second-order valence-corrected chi connectivity index (χ2v) is 6.78. The summed E-state index contributed by atoms with van der Waals surface area (Å²) < 4.78 is 2.18. The first-order valence-corrected chi connectivity index (χ1v) is 8.35. The lowest BCUT2D eigenvalue weighted by Gasteiger charge is -2.33. The molecule has 0 spiro atoms. The Morgan fingerprint density at radius 2 is 2.05 bits per heavy atom. The molecule has 0 aromatic carbocycles. The third kappa shape index (κ3) is 3.31. The summed E-state index contributed by atoms with van der Waals surface area (Å²) in [6.45, 7) is 7.33. The molecule has 0 bridgehead atoms. The Kier molecular flexibility index (Phi) is 4.34. The molecule has 2 heterocycles. The number of carbonyl (C=O) groups excluding carboxylic acids is 1. The van der Waals surface area contributed by atoms with E-state index in [-0.39, 0.29) is 11.9 Å². The van der Waals surface area contributed by atoms with Crippen LogP contribution in [0.1, 0.15) is 56.1 Å². The molecule has 2 fully saturated rings. The van der Waals surface area contributed by atoms with Gasteiger partial charge in [0.2, 0.25) is 0 Å². The standard InChI is InChI=1S/C17H27N3O/c1-13(2)20(12-14-7-9-18-10-8-14)17(21)16-4-3-11-19(16)15-5-6-15/h3-4,11,13-15,18H,5-10,12H2,1-2H3. The minimum Gasteiger partial charge on any atom is -0.340 e. The highest BCUT2D eigenvalue weighted by molar-refractivity contribution is 5.93. The van der Waals surface area contributed by atoms with Crippen molar-refractivity contribution < 1.29 is 4.79 Å². The fourth-order valence-corrected chi connectivity index (χ4v) is 3.26. The number of nitrogens with zero attached hydrogens (tertiary/aromatic N) is 2. The van der Waals surface area contributed by atoms with Gasteiger partial charge in [-0.3, -0.25) is 4.79 Å². The summed E-state index contributed by atoms with van der Waals surface area (Å²) in [5, 5.41) is 3.40. The highest BCUT2D eigenvalue weighted by Gasteiger charge is 2.30. The normalized spacial score (nSPS) is 20.0. The first-order valence-electron chi connectivity index (χ1n) is 8.35. The predicted octanol–water partition coefficient (Wildman–Crippen LogP) is 2.67. The van der Waals surface area contributed by atoms with Gasteiger partial charge in [0.1, 0.15) is 5.69 Å². The largest absolute Gasteiger partial charge is 0.340 e. The first-order chi connectivity index (χ1) is 10.2. The van der Waals surface area contributed by atoms with Crippen LogP contribution in [0.5, 0.6) is 0 Å². The highest BCUT2D eigenvalue weighted by atomic mass is 16.2. The Labute approximate surface area is 127 Å². The summed E-state index contributed by atoms with van der Waals surface area (Å²) in [6.07, 6.45) is 6.85. The molecular formula is C17H27N3O. The van der Waals surface area contributed by atoms with Gasteiger partial charge >= 0.3 is 0 Å². The molecule has 2 aliphatic rings. The van der Waals surface area contributed by atoms with Gasteiger partial charge in [-0.2, -0.15) is 0 Å². The lowest BCUT2D eigenvalue weighted by atomic mass is 9.97. The van der Waals surface area contributed by atoms with Crippen molar-refractivity contribution in [2.24, 2.45) is 5.92 Å². The minimum absolute atomic E-state index is 0.209. The molecule has 1 aliphatic heterocycles. The molecule has 1 saturated heterocycles. The van der Waals surface area contributed by atoms with Gasteiger partial charge in [0.05, 0.1) is 0 Å². The van der Waals surface area contributed by atoms with E-state index in [1.165, 1.54) is 25.7 Å². The van der Waals surface area contributed by atoms with Gasteiger partial charge in [-0.25, -0.2) is 0 Å². The van der Waals surface area contributed by atoms with Crippen LogP contribution in [0.2, 0.25) is 0 Å². The zero-order valence-electron chi connectivity index (χ0n) is 13.2. The highest BCUT2D eigenvalue weighted by Crippen LogP contribution is 2.36. The van der Waals surface area contributed by atoms with Crippen LogP contribution in [0, 0.1) is 5.92 Å². The number of carbonyl (C=O) groups is 1. The number of nitrogens with one attached hydrogen (secondary N) is 1. The number of aromatic nitrogens is 1. The molecule has 3 rings (SSSR count). The third-order valence-electron chi connectivity index (χ3n) is 4.74. The van der Waals surface area contributed by atoms with Crippen LogP contribution in [0.3, 0.4) is 0 Å². The monoisotopic (exact) mass is 289 g/mol. The summed E-state index contributed by atoms with van der Waals surface area (Å²) in [4.78, 5) is 15.0. The Morgan fingerprint density at radius 1 is 1.33 bits per heavy atom. The van der Waals surface area contributed by atoms with Gasteiger partial charge in [0, 0.05) is 24.8 Å². The van der Waals surface area contributed by atoms with Crippen molar-refractivity contribution in [2.45, 2.75) is 51.6 Å². The lowest BCUT2D eigenvalue weighted by Crippen LogP contribution is -2.43. The number of hydrogen-bond donors (Lipinski definition) is 1. The van der Waals surface area contributed by atoms with E-state index in [1.807, 2.05) is 12.1 Å². The van der Waals surface area contributed by atoms with Crippen LogP contribution in [-0.4, -0.2) is 41.1 Å². The smallest absolute Gasteiger partial charge is 0.270 e. The molecule has 116 valence electrons. The van der Waals surface area contributed by atoms with Crippen LogP contribution >= 0.6 is 0 Å². The number of hydrogen-bond acceptors (Lipinski definition) is 2. The van der Waals surface area contributed by atoms with Crippen molar-refractivity contribution >= 4 is 5.91 Å². The molecule has 1 aromatic heterocycles. The lowest BCUT2D eigenvalue weighted by molar-refractivity contribution is 0.0646. The van der Waals surface area contributed by atoms with E-state index in [4.69, 9.17) is 0 Å². The van der Waals surface area contributed by atoms with E-state index in [0.717, 1.165) is 25.3 Å². The van der Waals surface area contributed by atoms with E-state index in [0.29, 0.717) is 12.0 Å². The molecule has 1 saturated carbocycles. The Morgan fingerprint density at radius 3 is 2.67 bits per heavy atom. The SMILES string of the molecule is CC(C)N(CC1CCNCC1)C(=O)c1cccn1C1CC1. The molecule has 4 nitrogen and oxygen atoms in total. The summed E-state index contributed by atoms with van der Waals surface area (Å²) in [5.74, 6) is 0.849. The predicted molar refractivity (Wildman–Crippen MR) is 84.5 cm³/mol. The average Bonchev–Trinajstić information content (AvgIpc) is 3.22. The quantitative estimate of drug-likeness (QED) is 0.905. The van der Waals surface area contributed by atoms with E-state index >= 15 is 0 Å². The summed E-state index contributed by atoms with van der Waals surface area (Å²) >= 11 is 0. The number of rotatable bonds is 5. The molecule has 0 atom stereocenters. The van der Waals surface area contributed by atoms with Gasteiger partial charge in [-0.15, -0.1) is 0 Å². The second-order valence-electron chi connectivity index (χ2n) is 6.78. The van der Waals surface area contributed by atoms with Crippen LogP contribution in [0.25, 0.3) is 0 Å². The van der Waals surface area contributed by atoms with Gasteiger partial charge in [0.15, 0.2) is 0 Å². The van der Waals surface area contributed by atoms with Gasteiger partial charge in [-0.1, -0.05) is 0 Å². The molecule has 1 aromatic rings. The zero-order valence-corrected chi connectivity index (χ0v) is 13.2. The van der Waals surface area contributed by atoms with Crippen molar-refractivity contribution in [3.63, 3.8) is 0 Å². The van der Waals surface area contributed by atoms with E-state index in [9.17, 15) is 4.79 Å². The van der Waals surface area contributed by atoms with Gasteiger partial charge < -0.3 is 14.8 Å². The van der Waals surface area contributed by atoms with Crippen molar-refractivity contribution in [3.8, 4) is 0 Å². The summed E-state index contributed by atoms with van der Waals surface area (Å²) in [5.41, 5.74) is 0.875. The Balaban J connectivity index is 1.73. The molecule has 21 heavy (non-hydrogen) atoms. The van der Waals surface area contributed by atoms with Gasteiger partial charge in [0.25, 0.3) is 5.91 Å². The van der Waals surface area contributed by atoms with Crippen LogP contribution in [0.4, 0.5) is 0 Å². The third-order valence-corrected chi connectivity index (χ3v) is 4.74. The van der Waals surface area contributed by atoms with Crippen LogP contribution < -0.4 is 5.32 Å². The van der Waals surface area contributed by atoms with E-state index in [2.05, 4.69) is 34.8 Å². The molecule has 1 aliphatic carbocycles. The first kappa shape index (κ1) is 14.6. The Hall–Kier alpha value is -1.29. The van der Waals surface area contributed by atoms with E-state index < -0.39 is 0 Å². The molecule has 4 heteroatoms. The minimum atomic E-state index is 0.209. The molecule has 0 unspecified atom stereocenters. The van der Waals surface area contributed by atoms with Gasteiger partial charge in [-0.05, 0) is 70.7 Å². The van der Waals surface area contributed by atoms with Crippen molar-refractivity contribution in [1.82, 2.24) is 14.8 Å².